The average Bonchev–Trinajstić information content (AvgIpc) is 2.53. The molecule has 0 radical (unpaired) electrons. The summed E-state index contributed by atoms with van der Waals surface area (Å²) in [5.41, 5.74) is 8.65. The van der Waals surface area contributed by atoms with E-state index in [0.717, 1.165) is 18.6 Å². The maximum absolute atomic E-state index is 10.8. The summed E-state index contributed by atoms with van der Waals surface area (Å²) in [7, 11) is 0. The Bertz CT molecular complexity index is 309. The lowest BCUT2D eigenvalue weighted by Gasteiger charge is -2.08. The van der Waals surface area contributed by atoms with E-state index >= 15 is 0 Å². The van der Waals surface area contributed by atoms with Gasteiger partial charge in [-0.05, 0) is 25.7 Å². The lowest BCUT2D eigenvalue weighted by molar-refractivity contribution is 0.249. The van der Waals surface area contributed by atoms with E-state index in [1.54, 1.807) is 0 Å². The summed E-state index contributed by atoms with van der Waals surface area (Å²) in [6.45, 7) is 0. The molecule has 23 heavy (non-hydrogen) atoms. The summed E-state index contributed by atoms with van der Waals surface area (Å²) in [6.07, 6.45) is 22.2. The van der Waals surface area contributed by atoms with Crippen molar-refractivity contribution >= 4 is 11.7 Å². The number of amides is 2. The van der Waals surface area contributed by atoms with Gasteiger partial charge in [0.05, 0.1) is 0 Å². The van der Waals surface area contributed by atoms with Gasteiger partial charge in [0, 0.05) is 5.71 Å². The van der Waals surface area contributed by atoms with Crippen LogP contribution in [0.5, 0.6) is 0 Å². The summed E-state index contributed by atoms with van der Waals surface area (Å²) in [6, 6.07) is -0.558. The van der Waals surface area contributed by atoms with Crippen LogP contribution in [0, 0.1) is 0 Å². The molecule has 0 saturated heterocycles. The summed E-state index contributed by atoms with van der Waals surface area (Å²) < 4.78 is 0. The van der Waals surface area contributed by atoms with Crippen molar-refractivity contribution in [2.45, 2.75) is 109 Å². The standard InChI is InChI=1S/C19H37N3O/c20-19(23)22-21-18-16-14-12-10-8-6-4-2-1-3-5-7-9-11-13-15-17-18/h1-17H2,(H3,20,22,23). The van der Waals surface area contributed by atoms with Crippen LogP contribution in [-0.4, -0.2) is 11.7 Å². The fourth-order valence-electron chi connectivity index (χ4n) is 3.33. The van der Waals surface area contributed by atoms with Crippen LogP contribution < -0.4 is 11.2 Å². The van der Waals surface area contributed by atoms with Crippen LogP contribution >= 0.6 is 0 Å². The molecule has 134 valence electrons. The molecule has 0 aromatic heterocycles. The normalized spacial score (nSPS) is 21.0. The van der Waals surface area contributed by atoms with E-state index < -0.39 is 6.03 Å². The van der Waals surface area contributed by atoms with E-state index in [-0.39, 0.29) is 0 Å². The molecule has 0 heterocycles. The maximum atomic E-state index is 10.8. The Morgan fingerprint density at radius 1 is 0.652 bits per heavy atom. The van der Waals surface area contributed by atoms with Gasteiger partial charge in [-0.2, -0.15) is 5.10 Å². The van der Waals surface area contributed by atoms with Crippen molar-refractivity contribution in [3.05, 3.63) is 0 Å². The minimum atomic E-state index is -0.558. The highest BCUT2D eigenvalue weighted by Crippen LogP contribution is 2.16. The fourth-order valence-corrected chi connectivity index (χ4v) is 3.33. The molecule has 4 nitrogen and oxygen atoms in total. The predicted octanol–water partition coefficient (Wildman–Crippen LogP) is 5.66. The number of urea groups is 1. The number of rotatable bonds is 1. The summed E-state index contributed by atoms with van der Waals surface area (Å²) in [5, 5.41) is 4.21. The van der Waals surface area contributed by atoms with Crippen molar-refractivity contribution in [2.24, 2.45) is 10.8 Å². The second-order valence-corrected chi connectivity index (χ2v) is 6.96. The van der Waals surface area contributed by atoms with Crippen molar-refractivity contribution in [3.8, 4) is 0 Å². The number of nitrogens with two attached hydrogens (primary N) is 1. The van der Waals surface area contributed by atoms with Gasteiger partial charge in [-0.15, -0.1) is 0 Å². The molecule has 0 atom stereocenters. The number of nitrogens with zero attached hydrogens (tertiary/aromatic N) is 1. The first-order valence-corrected chi connectivity index (χ1v) is 9.90. The van der Waals surface area contributed by atoms with Crippen LogP contribution in [0.25, 0.3) is 0 Å². The summed E-state index contributed by atoms with van der Waals surface area (Å²) in [5.74, 6) is 0. The molecule has 1 saturated carbocycles. The zero-order valence-corrected chi connectivity index (χ0v) is 15.0. The van der Waals surface area contributed by atoms with E-state index in [4.69, 9.17) is 5.73 Å². The number of hydrazone groups is 1. The van der Waals surface area contributed by atoms with Gasteiger partial charge in [0.1, 0.15) is 0 Å². The maximum Gasteiger partial charge on any atom is 0.332 e. The van der Waals surface area contributed by atoms with Crippen LogP contribution in [0.15, 0.2) is 5.10 Å². The van der Waals surface area contributed by atoms with Crippen molar-refractivity contribution in [3.63, 3.8) is 0 Å². The molecular weight excluding hydrogens is 286 g/mol. The van der Waals surface area contributed by atoms with Crippen molar-refractivity contribution < 1.29 is 4.79 Å². The minimum Gasteiger partial charge on any atom is -0.350 e. The molecule has 4 heteroatoms. The Morgan fingerprint density at radius 2 is 0.957 bits per heavy atom. The molecule has 1 rings (SSSR count). The van der Waals surface area contributed by atoms with Crippen LogP contribution in [0.2, 0.25) is 0 Å². The third kappa shape index (κ3) is 13.1. The smallest absolute Gasteiger partial charge is 0.332 e. The lowest BCUT2D eigenvalue weighted by atomic mass is 10.0. The third-order valence-corrected chi connectivity index (χ3v) is 4.75. The van der Waals surface area contributed by atoms with Gasteiger partial charge >= 0.3 is 6.03 Å². The zero-order valence-electron chi connectivity index (χ0n) is 15.0. The second-order valence-electron chi connectivity index (χ2n) is 6.96. The van der Waals surface area contributed by atoms with Gasteiger partial charge in [-0.1, -0.05) is 83.5 Å². The Balaban J connectivity index is 2.32. The van der Waals surface area contributed by atoms with Gasteiger partial charge < -0.3 is 5.73 Å². The number of carbonyl (C=O) groups excluding carboxylic acids is 1. The molecular formula is C19H37N3O. The second kappa shape index (κ2) is 14.5. The Morgan fingerprint density at radius 3 is 1.26 bits per heavy atom. The van der Waals surface area contributed by atoms with Crippen molar-refractivity contribution in [1.29, 1.82) is 0 Å². The number of nitrogens with one attached hydrogen (secondary N) is 1. The molecule has 2 amide bonds. The number of primary amides is 1. The number of hydrogen-bond acceptors (Lipinski definition) is 2. The summed E-state index contributed by atoms with van der Waals surface area (Å²) in [4.78, 5) is 10.8. The number of hydrogen-bond donors (Lipinski definition) is 2. The monoisotopic (exact) mass is 323 g/mol. The SMILES string of the molecule is NC(=O)NN=C1CCCCCCCCCCCCCCCCC1. The third-order valence-electron chi connectivity index (χ3n) is 4.75. The fraction of sp³-hybridized carbons (Fsp3) is 0.895. The quantitative estimate of drug-likeness (QED) is 0.601. The molecule has 0 aromatic carbocycles. The molecule has 0 bridgehead atoms. The van der Waals surface area contributed by atoms with E-state index in [9.17, 15) is 4.79 Å². The van der Waals surface area contributed by atoms with E-state index in [1.807, 2.05) is 0 Å². The molecule has 0 aliphatic heterocycles. The first kappa shape index (κ1) is 20.0. The highest BCUT2D eigenvalue weighted by molar-refractivity contribution is 5.85. The van der Waals surface area contributed by atoms with Crippen LogP contribution in [0.4, 0.5) is 4.79 Å². The molecule has 1 fully saturated rings. The lowest BCUT2D eigenvalue weighted by Crippen LogP contribution is -2.25. The molecule has 3 N–H and O–H groups in total. The van der Waals surface area contributed by atoms with Gasteiger partial charge in [0.2, 0.25) is 0 Å². The van der Waals surface area contributed by atoms with E-state index in [2.05, 4.69) is 10.5 Å². The van der Waals surface area contributed by atoms with Gasteiger partial charge in [-0.25, -0.2) is 10.2 Å². The van der Waals surface area contributed by atoms with Crippen molar-refractivity contribution in [1.82, 2.24) is 5.43 Å². The molecule has 0 spiro atoms. The number of carbonyl (C=O) groups is 1. The first-order valence-electron chi connectivity index (χ1n) is 9.90. The largest absolute Gasteiger partial charge is 0.350 e. The highest BCUT2D eigenvalue weighted by atomic mass is 16.2. The molecule has 1 aliphatic rings. The highest BCUT2D eigenvalue weighted by Gasteiger charge is 2.03. The predicted molar refractivity (Wildman–Crippen MR) is 98.6 cm³/mol. The topological polar surface area (TPSA) is 67.5 Å². The van der Waals surface area contributed by atoms with Crippen LogP contribution in [0.3, 0.4) is 0 Å². The minimum absolute atomic E-state index is 0.558. The van der Waals surface area contributed by atoms with Gasteiger partial charge in [-0.3, -0.25) is 0 Å². The van der Waals surface area contributed by atoms with E-state index in [0.29, 0.717) is 0 Å². The summed E-state index contributed by atoms with van der Waals surface area (Å²) >= 11 is 0. The van der Waals surface area contributed by atoms with Crippen molar-refractivity contribution in [2.75, 3.05) is 0 Å². The van der Waals surface area contributed by atoms with E-state index in [1.165, 1.54) is 96.3 Å². The average molecular weight is 324 g/mol. The molecule has 0 unspecified atom stereocenters. The first-order chi connectivity index (χ1) is 11.3. The van der Waals surface area contributed by atoms with Gasteiger partial charge in [0.15, 0.2) is 0 Å². The van der Waals surface area contributed by atoms with Gasteiger partial charge in [0.25, 0.3) is 0 Å². The Labute approximate surface area is 142 Å². The zero-order chi connectivity index (χ0) is 16.6. The molecule has 0 aromatic rings. The van der Waals surface area contributed by atoms with Crippen LogP contribution in [0.1, 0.15) is 109 Å². The Kier molecular flexibility index (Phi) is 12.6. The van der Waals surface area contributed by atoms with Crippen LogP contribution in [-0.2, 0) is 0 Å². The molecule has 1 aliphatic carbocycles. The Hall–Kier alpha value is -1.06.